The number of hydrogen-bond donors (Lipinski definition) is 2. The van der Waals surface area contributed by atoms with Gasteiger partial charge in [0.2, 0.25) is 0 Å². The average molecular weight is 751 g/mol. The summed E-state index contributed by atoms with van der Waals surface area (Å²) >= 11 is 0. The Labute approximate surface area is 324 Å². The number of piperidine rings is 1. The molecule has 1 fully saturated rings. The fourth-order valence-electron chi connectivity index (χ4n) is 7.64. The maximum atomic E-state index is 13.0. The molecule has 286 valence electrons. The smallest absolute Gasteiger partial charge is 0.258 e. The summed E-state index contributed by atoms with van der Waals surface area (Å²) in [6, 6.07) is 19.0. The molecule has 2 aliphatic heterocycles. The molecule has 1 aromatic carbocycles. The predicted molar refractivity (Wildman–Crippen MR) is 220 cm³/mol. The van der Waals surface area contributed by atoms with E-state index in [2.05, 4.69) is 34.7 Å². The summed E-state index contributed by atoms with van der Waals surface area (Å²) in [4.78, 5) is 39.8. The Kier molecular flexibility index (Phi) is 10.5. The summed E-state index contributed by atoms with van der Waals surface area (Å²) in [5.74, 6) is 1.62. The number of benzene rings is 1. The molecule has 0 radical (unpaired) electrons. The molecule has 7 aromatic rings. The van der Waals surface area contributed by atoms with Gasteiger partial charge in [-0.05, 0) is 123 Å². The van der Waals surface area contributed by atoms with Crippen molar-refractivity contribution in [2.75, 3.05) is 40.4 Å². The van der Waals surface area contributed by atoms with Crippen LogP contribution in [0, 0.1) is 6.92 Å². The molecule has 0 bridgehead atoms. The lowest BCUT2D eigenvalue weighted by Crippen LogP contribution is -2.28. The Morgan fingerprint density at radius 3 is 2.20 bits per heavy atom. The number of rotatable bonds is 7. The Balaban J connectivity index is 0.000000158. The highest BCUT2D eigenvalue weighted by molar-refractivity contribution is 5.71. The maximum Gasteiger partial charge on any atom is 0.258 e. The van der Waals surface area contributed by atoms with Crippen molar-refractivity contribution in [1.29, 1.82) is 0 Å². The Bertz CT molecular complexity index is 2720. The zero-order valence-corrected chi connectivity index (χ0v) is 32.2. The highest BCUT2D eigenvalue weighted by atomic mass is 16.5. The van der Waals surface area contributed by atoms with Gasteiger partial charge >= 0.3 is 0 Å². The molecule has 6 aromatic heterocycles. The largest absolute Gasteiger partial charge is 0.493 e. The van der Waals surface area contributed by atoms with E-state index in [0.717, 1.165) is 96.7 Å². The topological polar surface area (TPSA) is 129 Å². The third-order valence-corrected chi connectivity index (χ3v) is 10.7. The lowest BCUT2D eigenvalue weighted by Gasteiger charge is -2.22. The standard InChI is InChI=1S/C23H25N3O3.C21H21N5O/c1-4-15-11-18(16-7-9-24-10-8-16)14-26-22(27)13-19(25-23(15)26)17-5-6-20(28-2)21(12-17)29-3;1-14-11-25-12-16(2-4-19(25)23-14)17-3-5-20-24-18(10-21(27)26(20)13-17)15-6-8-22-9-7-15/h5-7,11-14,24H,4,8-10H2,1-3H3;2-5,10-13,15,22H,6-9H2,1H3. The zero-order chi connectivity index (χ0) is 38.8. The molecular formula is C44H46N8O4. The minimum Gasteiger partial charge on any atom is -0.493 e. The van der Waals surface area contributed by atoms with Gasteiger partial charge in [0, 0.05) is 60.5 Å². The van der Waals surface area contributed by atoms with Crippen molar-refractivity contribution in [2.45, 2.75) is 45.4 Å². The zero-order valence-electron chi connectivity index (χ0n) is 32.2. The van der Waals surface area contributed by atoms with E-state index in [-0.39, 0.29) is 11.1 Å². The maximum absolute atomic E-state index is 13.0. The van der Waals surface area contributed by atoms with E-state index in [1.165, 1.54) is 5.57 Å². The van der Waals surface area contributed by atoms with E-state index in [1.807, 2.05) is 78.6 Å². The molecule has 2 N–H and O–H groups in total. The van der Waals surface area contributed by atoms with E-state index in [1.54, 1.807) is 35.2 Å². The number of aryl methyl sites for hydroxylation is 2. The molecule has 12 nitrogen and oxygen atoms in total. The van der Waals surface area contributed by atoms with Crippen molar-refractivity contribution in [1.82, 2.24) is 38.8 Å². The summed E-state index contributed by atoms with van der Waals surface area (Å²) in [6.07, 6.45) is 13.8. The van der Waals surface area contributed by atoms with Gasteiger partial charge in [0.15, 0.2) is 11.5 Å². The van der Waals surface area contributed by atoms with Crippen LogP contribution in [-0.2, 0) is 6.42 Å². The number of methoxy groups -OCH3 is 2. The first-order chi connectivity index (χ1) is 27.3. The van der Waals surface area contributed by atoms with Gasteiger partial charge in [-0.1, -0.05) is 13.0 Å². The number of nitrogens with zero attached hydrogens (tertiary/aromatic N) is 6. The van der Waals surface area contributed by atoms with E-state index < -0.39 is 0 Å². The molecule has 0 atom stereocenters. The van der Waals surface area contributed by atoms with Gasteiger partial charge in [0.25, 0.3) is 11.1 Å². The van der Waals surface area contributed by atoms with Gasteiger partial charge in [-0.25, -0.2) is 15.0 Å². The second-order valence-electron chi connectivity index (χ2n) is 14.3. The van der Waals surface area contributed by atoms with E-state index >= 15 is 0 Å². The van der Waals surface area contributed by atoms with Gasteiger partial charge in [-0.2, -0.15) is 0 Å². The molecule has 9 rings (SSSR count). The van der Waals surface area contributed by atoms with Crippen LogP contribution in [0.15, 0.2) is 101 Å². The van der Waals surface area contributed by atoms with Gasteiger partial charge in [0.1, 0.15) is 16.9 Å². The van der Waals surface area contributed by atoms with Crippen LogP contribution in [-0.4, -0.2) is 68.6 Å². The first kappa shape index (κ1) is 36.8. The van der Waals surface area contributed by atoms with E-state index in [9.17, 15) is 9.59 Å². The van der Waals surface area contributed by atoms with Crippen LogP contribution in [0.5, 0.6) is 11.5 Å². The van der Waals surface area contributed by atoms with Crippen molar-refractivity contribution in [3.05, 3.63) is 135 Å². The van der Waals surface area contributed by atoms with Crippen LogP contribution < -0.4 is 31.2 Å². The van der Waals surface area contributed by atoms with Crippen molar-refractivity contribution in [3.8, 4) is 33.9 Å². The monoisotopic (exact) mass is 750 g/mol. The molecule has 0 amide bonds. The van der Waals surface area contributed by atoms with Gasteiger partial charge in [-0.15, -0.1) is 0 Å². The van der Waals surface area contributed by atoms with Crippen LogP contribution in [0.2, 0.25) is 0 Å². The van der Waals surface area contributed by atoms with Crippen LogP contribution in [0.25, 0.3) is 44.9 Å². The fourth-order valence-corrected chi connectivity index (χ4v) is 7.64. The molecule has 56 heavy (non-hydrogen) atoms. The minimum atomic E-state index is -0.0918. The fraction of sp³-hybridized carbons (Fsp3) is 0.295. The van der Waals surface area contributed by atoms with Crippen LogP contribution in [0.4, 0.5) is 0 Å². The number of fused-ring (bicyclic) bond motifs is 3. The second kappa shape index (κ2) is 15.9. The summed E-state index contributed by atoms with van der Waals surface area (Å²) in [5.41, 5.74) is 11.0. The molecule has 0 saturated carbocycles. The normalized spacial score (nSPS) is 14.8. The van der Waals surface area contributed by atoms with Gasteiger partial charge in [0.05, 0.1) is 31.3 Å². The Morgan fingerprint density at radius 1 is 0.714 bits per heavy atom. The number of pyridine rings is 3. The quantitative estimate of drug-likeness (QED) is 0.199. The Morgan fingerprint density at radius 2 is 1.45 bits per heavy atom. The van der Waals surface area contributed by atoms with Crippen molar-refractivity contribution >= 4 is 22.5 Å². The first-order valence-electron chi connectivity index (χ1n) is 19.2. The molecule has 0 unspecified atom stereocenters. The molecule has 0 aliphatic carbocycles. The molecule has 0 spiro atoms. The number of aromatic nitrogens is 6. The van der Waals surface area contributed by atoms with Crippen LogP contribution >= 0.6 is 0 Å². The van der Waals surface area contributed by atoms with E-state index in [4.69, 9.17) is 19.4 Å². The summed E-state index contributed by atoms with van der Waals surface area (Å²) in [5, 5.41) is 6.69. The number of imidazole rings is 1. The van der Waals surface area contributed by atoms with Crippen molar-refractivity contribution < 1.29 is 9.47 Å². The first-order valence-corrected chi connectivity index (χ1v) is 19.2. The van der Waals surface area contributed by atoms with Crippen LogP contribution in [0.3, 0.4) is 0 Å². The Hall–Kier alpha value is -6.11. The highest BCUT2D eigenvalue weighted by Crippen LogP contribution is 2.32. The number of ether oxygens (including phenoxy) is 2. The molecule has 1 saturated heterocycles. The van der Waals surface area contributed by atoms with Gasteiger partial charge < -0.3 is 24.5 Å². The second-order valence-corrected chi connectivity index (χ2v) is 14.3. The lowest BCUT2D eigenvalue weighted by atomic mass is 9.94. The summed E-state index contributed by atoms with van der Waals surface area (Å²) < 4.78 is 16.0. The van der Waals surface area contributed by atoms with E-state index in [0.29, 0.717) is 34.4 Å². The third-order valence-electron chi connectivity index (χ3n) is 10.7. The number of nitrogens with one attached hydrogen (secondary N) is 2. The predicted octanol–water partition coefficient (Wildman–Crippen LogP) is 6.10. The third kappa shape index (κ3) is 7.45. The highest BCUT2D eigenvalue weighted by Gasteiger charge is 2.19. The minimum absolute atomic E-state index is 0.0186. The SMILES string of the molecule is CCc1cc(C2=CCNCC2)cn2c(=O)cc(-c3ccc(OC)c(OC)c3)nc12.Cc1cn2cc(-c3ccc4nc(C5CCNCC5)cc(=O)n4c3)ccc2n1. The molecular weight excluding hydrogens is 705 g/mol. The molecule has 2 aliphatic rings. The van der Waals surface area contributed by atoms with Gasteiger partial charge in [-0.3, -0.25) is 18.4 Å². The molecule has 12 heteroatoms. The van der Waals surface area contributed by atoms with Crippen molar-refractivity contribution in [3.63, 3.8) is 0 Å². The number of hydrogen-bond acceptors (Lipinski definition) is 9. The lowest BCUT2D eigenvalue weighted by molar-refractivity contribution is 0.355. The summed E-state index contributed by atoms with van der Waals surface area (Å²) in [7, 11) is 3.19. The molecule has 8 heterocycles. The average Bonchev–Trinajstić information content (AvgIpc) is 3.63. The van der Waals surface area contributed by atoms with Crippen molar-refractivity contribution in [2.24, 2.45) is 0 Å². The van der Waals surface area contributed by atoms with Crippen LogP contribution in [0.1, 0.15) is 54.6 Å². The summed E-state index contributed by atoms with van der Waals surface area (Å²) in [6.45, 7) is 7.86.